The average molecular weight is 381 g/mol. The van der Waals surface area contributed by atoms with Crippen LogP contribution in [0.15, 0.2) is 36.4 Å². The molecule has 1 aliphatic carbocycles. The van der Waals surface area contributed by atoms with Gasteiger partial charge in [0.25, 0.3) is 0 Å². The molecular formula is C26H36O2. The van der Waals surface area contributed by atoms with Gasteiger partial charge in [0.2, 0.25) is 0 Å². The topological polar surface area (TPSA) is 40.5 Å². The van der Waals surface area contributed by atoms with Crippen molar-refractivity contribution in [2.75, 3.05) is 0 Å². The van der Waals surface area contributed by atoms with Crippen LogP contribution in [-0.4, -0.2) is 10.2 Å². The standard InChI is InChI=1S/C26H36O2/c1-24(2,3)18-12-10-14-20(22(18)27)26(16-8-7-9-17-26)21-15-11-13-19(23(21)28)25(4,5)6/h10-15,27-28H,7-9,16-17H2,1-6H3. The van der Waals surface area contributed by atoms with Gasteiger partial charge in [-0.1, -0.05) is 97.2 Å². The summed E-state index contributed by atoms with van der Waals surface area (Å²) in [5.41, 5.74) is 3.29. The van der Waals surface area contributed by atoms with Crippen LogP contribution in [-0.2, 0) is 16.2 Å². The van der Waals surface area contributed by atoms with Crippen molar-refractivity contribution in [3.05, 3.63) is 58.7 Å². The minimum atomic E-state index is -0.338. The molecule has 1 saturated carbocycles. The quantitative estimate of drug-likeness (QED) is 0.592. The number of phenols is 2. The molecule has 0 heterocycles. The molecule has 2 nitrogen and oxygen atoms in total. The highest BCUT2D eigenvalue weighted by Crippen LogP contribution is 2.53. The number of aromatic hydroxyl groups is 2. The molecule has 28 heavy (non-hydrogen) atoms. The lowest BCUT2D eigenvalue weighted by Gasteiger charge is -2.41. The van der Waals surface area contributed by atoms with E-state index in [0.717, 1.165) is 47.9 Å². The smallest absolute Gasteiger partial charge is 0.123 e. The van der Waals surface area contributed by atoms with Crippen LogP contribution in [0.5, 0.6) is 11.5 Å². The number of hydrogen-bond acceptors (Lipinski definition) is 2. The highest BCUT2D eigenvalue weighted by atomic mass is 16.3. The highest BCUT2D eigenvalue weighted by molar-refractivity contribution is 5.57. The van der Waals surface area contributed by atoms with Gasteiger partial charge in [-0.2, -0.15) is 0 Å². The van der Waals surface area contributed by atoms with Crippen molar-refractivity contribution in [1.29, 1.82) is 0 Å². The molecule has 2 heteroatoms. The van der Waals surface area contributed by atoms with Gasteiger partial charge in [0.15, 0.2) is 0 Å². The second-order valence-corrected chi connectivity index (χ2v) is 10.5. The fourth-order valence-corrected chi connectivity index (χ4v) is 4.91. The summed E-state index contributed by atoms with van der Waals surface area (Å²) in [6.07, 6.45) is 5.34. The van der Waals surface area contributed by atoms with E-state index < -0.39 is 0 Å². The van der Waals surface area contributed by atoms with Crippen molar-refractivity contribution >= 4 is 0 Å². The monoisotopic (exact) mass is 380 g/mol. The average Bonchev–Trinajstić information content (AvgIpc) is 2.60. The molecule has 0 unspecified atom stereocenters. The number of phenolic OH excluding ortho intramolecular Hbond substituents is 2. The summed E-state index contributed by atoms with van der Waals surface area (Å²) >= 11 is 0. The maximum atomic E-state index is 11.3. The second-order valence-electron chi connectivity index (χ2n) is 10.5. The van der Waals surface area contributed by atoms with E-state index in [0.29, 0.717) is 11.5 Å². The van der Waals surface area contributed by atoms with Crippen LogP contribution in [0.4, 0.5) is 0 Å². The first kappa shape index (κ1) is 20.8. The molecule has 0 amide bonds. The van der Waals surface area contributed by atoms with Gasteiger partial charge in [0.1, 0.15) is 11.5 Å². The van der Waals surface area contributed by atoms with Crippen LogP contribution >= 0.6 is 0 Å². The first-order valence-electron chi connectivity index (χ1n) is 10.6. The molecule has 0 aromatic heterocycles. The molecule has 1 fully saturated rings. The van der Waals surface area contributed by atoms with Gasteiger partial charge in [-0.25, -0.2) is 0 Å². The van der Waals surface area contributed by atoms with Crippen LogP contribution in [0.3, 0.4) is 0 Å². The third kappa shape index (κ3) is 3.54. The molecule has 152 valence electrons. The normalized spacial score (nSPS) is 17.5. The molecule has 0 bridgehead atoms. The zero-order chi connectivity index (χ0) is 20.7. The zero-order valence-corrected chi connectivity index (χ0v) is 18.4. The molecule has 1 aliphatic rings. The van der Waals surface area contributed by atoms with Crippen molar-refractivity contribution < 1.29 is 10.2 Å². The highest BCUT2D eigenvalue weighted by Gasteiger charge is 2.41. The molecule has 0 radical (unpaired) electrons. The van der Waals surface area contributed by atoms with Gasteiger partial charge in [0.05, 0.1) is 0 Å². The summed E-state index contributed by atoms with van der Waals surface area (Å²) in [5, 5.41) is 22.7. The molecule has 2 aromatic carbocycles. The van der Waals surface area contributed by atoms with E-state index in [1.54, 1.807) is 0 Å². The summed E-state index contributed by atoms with van der Waals surface area (Å²) < 4.78 is 0. The maximum Gasteiger partial charge on any atom is 0.123 e. The molecule has 0 atom stereocenters. The Labute approximate surface area is 170 Å². The van der Waals surface area contributed by atoms with Gasteiger partial charge in [-0.15, -0.1) is 0 Å². The summed E-state index contributed by atoms with van der Waals surface area (Å²) in [7, 11) is 0. The Balaban J connectivity index is 2.28. The van der Waals surface area contributed by atoms with Crippen LogP contribution in [0.25, 0.3) is 0 Å². The number of para-hydroxylation sites is 2. The van der Waals surface area contributed by atoms with Crippen molar-refractivity contribution in [2.24, 2.45) is 0 Å². The third-order valence-electron chi connectivity index (χ3n) is 6.43. The lowest BCUT2D eigenvalue weighted by atomic mass is 9.63. The maximum absolute atomic E-state index is 11.3. The van der Waals surface area contributed by atoms with E-state index in [4.69, 9.17) is 0 Å². The first-order chi connectivity index (χ1) is 13.0. The molecule has 2 aromatic rings. The molecule has 0 spiro atoms. The summed E-state index contributed by atoms with van der Waals surface area (Å²) in [6, 6.07) is 12.3. The summed E-state index contributed by atoms with van der Waals surface area (Å²) in [5.74, 6) is 0.801. The van der Waals surface area contributed by atoms with Crippen LogP contribution in [0.2, 0.25) is 0 Å². The Morgan fingerprint density at radius 2 is 1.04 bits per heavy atom. The summed E-state index contributed by atoms with van der Waals surface area (Å²) in [4.78, 5) is 0. The molecule has 0 aliphatic heterocycles. The SMILES string of the molecule is CC(C)(C)c1cccc(C2(c3cccc(C(C)(C)C)c3O)CCCCC2)c1O. The minimum Gasteiger partial charge on any atom is -0.507 e. The molecule has 3 rings (SSSR count). The van der Waals surface area contributed by atoms with Crippen molar-refractivity contribution in [1.82, 2.24) is 0 Å². The first-order valence-corrected chi connectivity index (χ1v) is 10.6. The fourth-order valence-electron chi connectivity index (χ4n) is 4.91. The van der Waals surface area contributed by atoms with E-state index in [1.165, 1.54) is 6.42 Å². The number of hydrogen-bond donors (Lipinski definition) is 2. The van der Waals surface area contributed by atoms with E-state index >= 15 is 0 Å². The molecule has 0 saturated heterocycles. The van der Waals surface area contributed by atoms with Crippen LogP contribution < -0.4 is 0 Å². The zero-order valence-electron chi connectivity index (χ0n) is 18.4. The van der Waals surface area contributed by atoms with E-state index in [9.17, 15) is 10.2 Å². The van der Waals surface area contributed by atoms with Crippen LogP contribution in [0, 0.1) is 0 Å². The Hall–Kier alpha value is -1.96. The predicted octanol–water partition coefficient (Wildman–Crippen LogP) is 6.94. The van der Waals surface area contributed by atoms with Gasteiger partial charge in [-0.3, -0.25) is 0 Å². The third-order valence-corrected chi connectivity index (χ3v) is 6.43. The van der Waals surface area contributed by atoms with Crippen molar-refractivity contribution in [2.45, 2.75) is 89.9 Å². The van der Waals surface area contributed by atoms with Gasteiger partial charge in [0, 0.05) is 16.5 Å². The minimum absolute atomic E-state index is 0.134. The van der Waals surface area contributed by atoms with Gasteiger partial charge >= 0.3 is 0 Å². The predicted molar refractivity (Wildman–Crippen MR) is 117 cm³/mol. The Morgan fingerprint density at radius 3 is 1.39 bits per heavy atom. The van der Waals surface area contributed by atoms with E-state index in [2.05, 4.69) is 65.8 Å². The summed E-state index contributed by atoms with van der Waals surface area (Å²) in [6.45, 7) is 12.8. The lowest BCUT2D eigenvalue weighted by molar-refractivity contribution is 0.316. The van der Waals surface area contributed by atoms with Crippen molar-refractivity contribution in [3.63, 3.8) is 0 Å². The number of benzene rings is 2. The largest absolute Gasteiger partial charge is 0.507 e. The second kappa shape index (κ2) is 7.13. The van der Waals surface area contributed by atoms with E-state index in [-0.39, 0.29) is 16.2 Å². The fraction of sp³-hybridized carbons (Fsp3) is 0.538. The van der Waals surface area contributed by atoms with Crippen LogP contribution in [0.1, 0.15) is 95.9 Å². The molecular weight excluding hydrogens is 344 g/mol. The Bertz CT molecular complexity index is 778. The molecule has 2 N–H and O–H groups in total. The van der Waals surface area contributed by atoms with Gasteiger partial charge < -0.3 is 10.2 Å². The van der Waals surface area contributed by atoms with Gasteiger partial charge in [-0.05, 0) is 34.8 Å². The Morgan fingerprint density at radius 1 is 0.643 bits per heavy atom. The lowest BCUT2D eigenvalue weighted by Crippen LogP contribution is -2.32. The van der Waals surface area contributed by atoms with Crippen molar-refractivity contribution in [3.8, 4) is 11.5 Å². The Kier molecular flexibility index (Phi) is 5.29. The number of rotatable bonds is 2. The van der Waals surface area contributed by atoms with E-state index in [1.807, 2.05) is 12.1 Å².